The van der Waals surface area contributed by atoms with Crippen LogP contribution in [0.15, 0.2) is 48.5 Å². The summed E-state index contributed by atoms with van der Waals surface area (Å²) in [5.74, 6) is 0.869. The summed E-state index contributed by atoms with van der Waals surface area (Å²) in [5.41, 5.74) is 2.66. The van der Waals surface area contributed by atoms with E-state index in [1.54, 1.807) is 7.11 Å². The number of fused-ring (bicyclic) bond motifs is 1. The second kappa shape index (κ2) is 5.41. The molecule has 1 aliphatic heterocycles. The van der Waals surface area contributed by atoms with Crippen molar-refractivity contribution >= 4 is 15.7 Å². The maximum absolute atomic E-state index is 12.4. The van der Waals surface area contributed by atoms with Crippen LogP contribution in [0.25, 0.3) is 0 Å². The van der Waals surface area contributed by atoms with E-state index < -0.39 is 10.0 Å². The van der Waals surface area contributed by atoms with Crippen molar-refractivity contribution in [2.24, 2.45) is 0 Å². The van der Waals surface area contributed by atoms with E-state index in [1.807, 2.05) is 48.5 Å². The van der Waals surface area contributed by atoms with E-state index in [1.165, 1.54) is 4.31 Å². The van der Waals surface area contributed by atoms with Crippen LogP contribution in [-0.4, -0.2) is 21.3 Å². The fraction of sp³-hybridized carbons (Fsp3) is 0.250. The number of sulfonamides is 1. The molecule has 0 radical (unpaired) electrons. The van der Waals surface area contributed by atoms with Gasteiger partial charge >= 0.3 is 0 Å². The number of hydrogen-bond donors (Lipinski definition) is 0. The van der Waals surface area contributed by atoms with Gasteiger partial charge in [0, 0.05) is 5.56 Å². The molecule has 0 amide bonds. The summed E-state index contributed by atoms with van der Waals surface area (Å²) >= 11 is 0. The third kappa shape index (κ3) is 2.61. The van der Waals surface area contributed by atoms with Crippen LogP contribution in [0.2, 0.25) is 0 Å². The summed E-state index contributed by atoms with van der Waals surface area (Å²) in [6.45, 7) is 0.351. The van der Waals surface area contributed by atoms with Crippen molar-refractivity contribution in [2.75, 3.05) is 17.2 Å². The highest BCUT2D eigenvalue weighted by molar-refractivity contribution is 7.92. The third-order valence-electron chi connectivity index (χ3n) is 3.71. The molecule has 0 unspecified atom stereocenters. The number of nitrogens with zero attached hydrogens (tertiary/aromatic N) is 1. The Morgan fingerprint density at radius 3 is 2.57 bits per heavy atom. The number of rotatable bonds is 3. The normalized spacial score (nSPS) is 16.3. The molecule has 5 heteroatoms. The minimum atomic E-state index is -3.28. The second-order valence-electron chi connectivity index (χ2n) is 5.02. The van der Waals surface area contributed by atoms with Gasteiger partial charge in [-0.15, -0.1) is 0 Å². The van der Waals surface area contributed by atoms with E-state index in [0.717, 1.165) is 22.6 Å². The van der Waals surface area contributed by atoms with E-state index in [4.69, 9.17) is 4.74 Å². The zero-order valence-corrected chi connectivity index (χ0v) is 12.6. The van der Waals surface area contributed by atoms with Crippen molar-refractivity contribution in [2.45, 2.75) is 13.0 Å². The van der Waals surface area contributed by atoms with Crippen molar-refractivity contribution < 1.29 is 13.2 Å². The smallest absolute Gasteiger partial charge is 0.235 e. The summed E-state index contributed by atoms with van der Waals surface area (Å²) in [4.78, 5) is 0. The number of anilines is 1. The Hall–Kier alpha value is -2.01. The molecule has 2 aromatic rings. The molecule has 0 aromatic heterocycles. The lowest BCUT2D eigenvalue weighted by molar-refractivity contribution is 0.410. The molecule has 0 N–H and O–H groups in total. The van der Waals surface area contributed by atoms with Crippen LogP contribution in [0.3, 0.4) is 0 Å². The van der Waals surface area contributed by atoms with E-state index in [9.17, 15) is 8.42 Å². The number of hydrogen-bond acceptors (Lipinski definition) is 3. The Balaban J connectivity index is 2.06. The molecule has 0 bridgehead atoms. The quantitative estimate of drug-likeness (QED) is 0.875. The molecule has 0 spiro atoms. The maximum atomic E-state index is 12.4. The molecule has 1 aliphatic rings. The first kappa shape index (κ1) is 13.9. The minimum Gasteiger partial charge on any atom is -0.496 e. The molecule has 0 atom stereocenters. The van der Waals surface area contributed by atoms with Crippen LogP contribution >= 0.6 is 0 Å². The zero-order valence-electron chi connectivity index (χ0n) is 11.8. The van der Waals surface area contributed by atoms with Crippen LogP contribution in [0.1, 0.15) is 11.1 Å². The largest absolute Gasteiger partial charge is 0.496 e. The van der Waals surface area contributed by atoms with Crippen LogP contribution in [0.4, 0.5) is 5.69 Å². The van der Waals surface area contributed by atoms with Gasteiger partial charge in [-0.3, -0.25) is 4.31 Å². The SMILES string of the molecule is COc1cccc2c1CCS(=O)(=O)N2Cc1ccccc1. The average molecular weight is 303 g/mol. The first-order chi connectivity index (χ1) is 10.1. The molecule has 2 aromatic carbocycles. The summed E-state index contributed by atoms with van der Waals surface area (Å²) in [5, 5.41) is 0. The average Bonchev–Trinajstić information content (AvgIpc) is 2.50. The standard InChI is InChI=1S/C16H17NO3S/c1-20-16-9-5-8-15-14(16)10-11-21(18,19)17(15)12-13-6-3-2-4-7-13/h2-9H,10-12H2,1H3. The van der Waals surface area contributed by atoms with Crippen molar-refractivity contribution in [1.29, 1.82) is 0 Å². The molecule has 4 nitrogen and oxygen atoms in total. The molecular formula is C16H17NO3S. The van der Waals surface area contributed by atoms with Crippen LogP contribution in [0.5, 0.6) is 5.75 Å². The monoisotopic (exact) mass is 303 g/mol. The molecule has 0 fully saturated rings. The van der Waals surface area contributed by atoms with Gasteiger partial charge in [0.25, 0.3) is 0 Å². The van der Waals surface area contributed by atoms with Gasteiger partial charge in [0.05, 0.1) is 25.1 Å². The van der Waals surface area contributed by atoms with Gasteiger partial charge in [-0.25, -0.2) is 8.42 Å². The van der Waals surface area contributed by atoms with Crippen molar-refractivity contribution in [1.82, 2.24) is 0 Å². The first-order valence-corrected chi connectivity index (χ1v) is 8.43. The van der Waals surface area contributed by atoms with E-state index in [0.29, 0.717) is 13.0 Å². The topological polar surface area (TPSA) is 46.6 Å². The molecule has 1 heterocycles. The van der Waals surface area contributed by atoms with E-state index >= 15 is 0 Å². The molecule has 3 rings (SSSR count). The molecule has 0 aliphatic carbocycles. The second-order valence-corrected chi connectivity index (χ2v) is 7.03. The van der Waals surface area contributed by atoms with E-state index in [2.05, 4.69) is 0 Å². The van der Waals surface area contributed by atoms with Gasteiger partial charge in [-0.1, -0.05) is 36.4 Å². The Morgan fingerprint density at radius 1 is 1.10 bits per heavy atom. The van der Waals surface area contributed by atoms with Crippen molar-refractivity contribution in [3.63, 3.8) is 0 Å². The predicted octanol–water partition coefficient (Wildman–Crippen LogP) is 2.59. The van der Waals surface area contributed by atoms with Gasteiger partial charge in [-0.2, -0.15) is 0 Å². The zero-order chi connectivity index (χ0) is 14.9. The van der Waals surface area contributed by atoms with Gasteiger partial charge in [0.1, 0.15) is 5.75 Å². The van der Waals surface area contributed by atoms with Gasteiger partial charge in [-0.05, 0) is 24.1 Å². The maximum Gasteiger partial charge on any atom is 0.235 e. The van der Waals surface area contributed by atoms with Crippen molar-refractivity contribution in [3.05, 3.63) is 59.7 Å². The molecular weight excluding hydrogens is 286 g/mol. The molecule has 0 saturated carbocycles. The Morgan fingerprint density at radius 2 is 1.86 bits per heavy atom. The summed E-state index contributed by atoms with van der Waals surface area (Å²) in [7, 11) is -1.67. The Bertz CT molecular complexity index is 741. The summed E-state index contributed by atoms with van der Waals surface area (Å²) in [6.07, 6.45) is 0.493. The molecule has 21 heavy (non-hydrogen) atoms. The van der Waals surface area contributed by atoms with Gasteiger partial charge in [0.15, 0.2) is 0 Å². The lowest BCUT2D eigenvalue weighted by Crippen LogP contribution is -2.37. The highest BCUT2D eigenvalue weighted by atomic mass is 32.2. The highest BCUT2D eigenvalue weighted by Gasteiger charge is 2.31. The van der Waals surface area contributed by atoms with Gasteiger partial charge < -0.3 is 4.74 Å². The minimum absolute atomic E-state index is 0.118. The molecule has 110 valence electrons. The fourth-order valence-corrected chi connectivity index (χ4v) is 4.15. The predicted molar refractivity (Wildman–Crippen MR) is 83.1 cm³/mol. The first-order valence-electron chi connectivity index (χ1n) is 6.82. The van der Waals surface area contributed by atoms with Crippen LogP contribution in [0, 0.1) is 0 Å². The van der Waals surface area contributed by atoms with Crippen LogP contribution < -0.4 is 9.04 Å². The Kier molecular flexibility index (Phi) is 3.59. The number of benzene rings is 2. The Labute approximate surface area is 125 Å². The summed E-state index contributed by atoms with van der Waals surface area (Å²) < 4.78 is 31.7. The fourth-order valence-electron chi connectivity index (χ4n) is 2.65. The van der Waals surface area contributed by atoms with Gasteiger partial charge in [0.2, 0.25) is 10.0 Å². The number of methoxy groups -OCH3 is 1. The number of ether oxygens (including phenoxy) is 1. The summed E-state index contributed by atoms with van der Waals surface area (Å²) in [6, 6.07) is 15.2. The van der Waals surface area contributed by atoms with E-state index in [-0.39, 0.29) is 5.75 Å². The highest BCUT2D eigenvalue weighted by Crippen LogP contribution is 2.36. The lowest BCUT2D eigenvalue weighted by atomic mass is 10.1. The third-order valence-corrected chi connectivity index (χ3v) is 5.43. The lowest BCUT2D eigenvalue weighted by Gasteiger charge is -2.31. The molecule has 0 saturated heterocycles. The van der Waals surface area contributed by atoms with Crippen LogP contribution in [-0.2, 0) is 23.0 Å². The van der Waals surface area contributed by atoms with Crippen molar-refractivity contribution in [3.8, 4) is 5.75 Å².